The quantitative estimate of drug-likeness (QED) is 0.820. The lowest BCUT2D eigenvalue weighted by molar-refractivity contribution is 0.822. The van der Waals surface area contributed by atoms with Gasteiger partial charge in [0.1, 0.15) is 5.82 Å². The van der Waals surface area contributed by atoms with E-state index < -0.39 is 0 Å². The van der Waals surface area contributed by atoms with E-state index in [1.54, 1.807) is 12.4 Å². The number of hydrogen-bond donors (Lipinski definition) is 2. The van der Waals surface area contributed by atoms with E-state index >= 15 is 0 Å². The number of nitrogens with zero attached hydrogens (tertiary/aromatic N) is 2. The van der Waals surface area contributed by atoms with Crippen LogP contribution in [0.25, 0.3) is 0 Å². The van der Waals surface area contributed by atoms with Gasteiger partial charge in [0.15, 0.2) is 0 Å². The summed E-state index contributed by atoms with van der Waals surface area (Å²) >= 11 is 0. The van der Waals surface area contributed by atoms with Crippen LogP contribution in [0.3, 0.4) is 0 Å². The molecule has 0 saturated heterocycles. The zero-order valence-corrected chi connectivity index (χ0v) is 10.0. The molecule has 0 spiro atoms. The lowest BCUT2D eigenvalue weighted by atomic mass is 10.0. The number of pyridine rings is 2. The van der Waals surface area contributed by atoms with Gasteiger partial charge >= 0.3 is 0 Å². The Kier molecular flexibility index (Phi) is 3.06. The van der Waals surface area contributed by atoms with Gasteiger partial charge in [-0.1, -0.05) is 0 Å². The fraction of sp³-hybridized carbons (Fsp3) is 0.231. The molecule has 2 rings (SSSR count). The average Bonchev–Trinajstić information content (AvgIpc) is 2.31. The number of nitrogens with two attached hydrogens (primary N) is 2. The second-order valence-electron chi connectivity index (χ2n) is 4.22. The van der Waals surface area contributed by atoms with E-state index in [-0.39, 0.29) is 6.04 Å². The largest absolute Gasteiger partial charge is 0.383 e. The van der Waals surface area contributed by atoms with Crippen LogP contribution in [-0.4, -0.2) is 9.97 Å². The van der Waals surface area contributed by atoms with Gasteiger partial charge in [-0.25, -0.2) is 4.98 Å². The van der Waals surface area contributed by atoms with Crippen molar-refractivity contribution in [2.24, 2.45) is 5.73 Å². The van der Waals surface area contributed by atoms with Gasteiger partial charge in [0.2, 0.25) is 0 Å². The third-order valence-electron chi connectivity index (χ3n) is 2.68. The van der Waals surface area contributed by atoms with Crippen molar-refractivity contribution in [3.63, 3.8) is 0 Å². The molecule has 0 bridgehead atoms. The molecule has 0 aromatic carbocycles. The number of aromatic nitrogens is 2. The molecule has 2 aromatic rings. The smallest absolute Gasteiger partial charge is 0.128 e. The third-order valence-corrected chi connectivity index (χ3v) is 2.68. The third kappa shape index (κ3) is 2.42. The molecule has 0 amide bonds. The molecule has 0 aliphatic heterocycles. The van der Waals surface area contributed by atoms with Gasteiger partial charge in [0, 0.05) is 18.0 Å². The molecule has 2 heterocycles. The number of hydrogen-bond acceptors (Lipinski definition) is 4. The molecule has 0 saturated carbocycles. The molecular formula is C13H16N4. The summed E-state index contributed by atoms with van der Waals surface area (Å²) in [5.74, 6) is 0.464. The first-order valence-electron chi connectivity index (χ1n) is 5.48. The summed E-state index contributed by atoms with van der Waals surface area (Å²) in [4.78, 5) is 8.40. The Balaban J connectivity index is 2.43. The topological polar surface area (TPSA) is 77.8 Å². The Morgan fingerprint density at radius 1 is 1.12 bits per heavy atom. The summed E-state index contributed by atoms with van der Waals surface area (Å²) in [5.41, 5.74) is 15.8. The Morgan fingerprint density at radius 3 is 2.59 bits per heavy atom. The SMILES string of the molecule is Cc1ccnc(C(N)c2cc(C)cnc2N)c1. The summed E-state index contributed by atoms with van der Waals surface area (Å²) in [6.45, 7) is 3.97. The van der Waals surface area contributed by atoms with Crippen LogP contribution < -0.4 is 11.5 Å². The average molecular weight is 228 g/mol. The first kappa shape index (κ1) is 11.5. The number of anilines is 1. The first-order valence-corrected chi connectivity index (χ1v) is 5.48. The van der Waals surface area contributed by atoms with Crippen molar-refractivity contribution in [2.45, 2.75) is 19.9 Å². The normalized spacial score (nSPS) is 12.4. The lowest BCUT2D eigenvalue weighted by Crippen LogP contribution is -2.16. The molecule has 4 heteroatoms. The predicted octanol–water partition coefficient (Wildman–Crippen LogP) is 1.72. The second-order valence-corrected chi connectivity index (χ2v) is 4.22. The van der Waals surface area contributed by atoms with Crippen molar-refractivity contribution >= 4 is 5.82 Å². The number of rotatable bonds is 2. The highest BCUT2D eigenvalue weighted by Gasteiger charge is 2.14. The highest BCUT2D eigenvalue weighted by Crippen LogP contribution is 2.23. The van der Waals surface area contributed by atoms with Crippen LogP contribution in [0.4, 0.5) is 5.82 Å². The minimum absolute atomic E-state index is 0.331. The minimum atomic E-state index is -0.331. The molecule has 0 aliphatic carbocycles. The van der Waals surface area contributed by atoms with Gasteiger partial charge in [0.25, 0.3) is 0 Å². The molecule has 4 N–H and O–H groups in total. The molecule has 1 atom stereocenters. The second kappa shape index (κ2) is 4.51. The van der Waals surface area contributed by atoms with Crippen LogP contribution in [0.2, 0.25) is 0 Å². The van der Waals surface area contributed by atoms with E-state index in [0.717, 1.165) is 22.4 Å². The maximum absolute atomic E-state index is 6.17. The van der Waals surface area contributed by atoms with E-state index in [9.17, 15) is 0 Å². The van der Waals surface area contributed by atoms with Gasteiger partial charge in [-0.05, 0) is 43.2 Å². The summed E-state index contributed by atoms with van der Waals surface area (Å²) in [7, 11) is 0. The lowest BCUT2D eigenvalue weighted by Gasteiger charge is -2.14. The van der Waals surface area contributed by atoms with Crippen molar-refractivity contribution in [3.8, 4) is 0 Å². The van der Waals surface area contributed by atoms with Gasteiger partial charge < -0.3 is 11.5 Å². The molecular weight excluding hydrogens is 212 g/mol. The van der Waals surface area contributed by atoms with Gasteiger partial charge in [-0.3, -0.25) is 4.98 Å². The Labute approximate surface area is 101 Å². The summed E-state index contributed by atoms with van der Waals surface area (Å²) in [5, 5.41) is 0. The van der Waals surface area contributed by atoms with Crippen LogP contribution in [0.15, 0.2) is 30.6 Å². The van der Waals surface area contributed by atoms with Crippen molar-refractivity contribution in [1.82, 2.24) is 9.97 Å². The molecule has 0 fully saturated rings. The van der Waals surface area contributed by atoms with Gasteiger partial charge in [-0.2, -0.15) is 0 Å². The fourth-order valence-electron chi connectivity index (χ4n) is 1.74. The summed E-state index contributed by atoms with van der Waals surface area (Å²) < 4.78 is 0. The van der Waals surface area contributed by atoms with Gasteiger partial charge in [0.05, 0.1) is 11.7 Å². The zero-order chi connectivity index (χ0) is 12.4. The molecule has 1 unspecified atom stereocenters. The maximum atomic E-state index is 6.17. The molecule has 2 aromatic heterocycles. The van der Waals surface area contributed by atoms with Crippen molar-refractivity contribution in [3.05, 3.63) is 53.0 Å². The zero-order valence-electron chi connectivity index (χ0n) is 10.0. The van der Waals surface area contributed by atoms with Crippen LogP contribution in [0, 0.1) is 13.8 Å². The highest BCUT2D eigenvalue weighted by atomic mass is 14.9. The van der Waals surface area contributed by atoms with Gasteiger partial charge in [-0.15, -0.1) is 0 Å². The van der Waals surface area contributed by atoms with Crippen molar-refractivity contribution in [2.75, 3.05) is 5.73 Å². The van der Waals surface area contributed by atoms with Crippen LogP contribution in [0.5, 0.6) is 0 Å². The molecule has 4 nitrogen and oxygen atoms in total. The monoisotopic (exact) mass is 228 g/mol. The predicted molar refractivity (Wildman–Crippen MR) is 68.4 cm³/mol. The number of aryl methyl sites for hydroxylation is 2. The van der Waals surface area contributed by atoms with E-state index in [1.807, 2.05) is 32.0 Å². The Morgan fingerprint density at radius 2 is 1.88 bits per heavy atom. The van der Waals surface area contributed by atoms with E-state index in [2.05, 4.69) is 9.97 Å². The Hall–Kier alpha value is -1.94. The van der Waals surface area contributed by atoms with E-state index in [0.29, 0.717) is 5.82 Å². The van der Waals surface area contributed by atoms with E-state index in [4.69, 9.17) is 11.5 Å². The van der Waals surface area contributed by atoms with E-state index in [1.165, 1.54) is 0 Å². The molecule has 0 aliphatic rings. The summed E-state index contributed by atoms with van der Waals surface area (Å²) in [6, 6.07) is 5.53. The first-order chi connectivity index (χ1) is 8.08. The van der Waals surface area contributed by atoms with Crippen LogP contribution in [-0.2, 0) is 0 Å². The van der Waals surface area contributed by atoms with Crippen molar-refractivity contribution < 1.29 is 0 Å². The molecule has 17 heavy (non-hydrogen) atoms. The standard InChI is InChI=1S/C13H16N4/c1-8-3-4-16-11(6-8)12(14)10-5-9(2)7-17-13(10)15/h3-7,12H,14H2,1-2H3,(H2,15,17). The molecule has 0 radical (unpaired) electrons. The van der Waals surface area contributed by atoms with Crippen molar-refractivity contribution in [1.29, 1.82) is 0 Å². The molecule has 88 valence electrons. The maximum Gasteiger partial charge on any atom is 0.128 e. The number of nitrogen functional groups attached to an aromatic ring is 1. The Bertz CT molecular complexity index is 537. The van der Waals surface area contributed by atoms with Crippen LogP contribution >= 0.6 is 0 Å². The summed E-state index contributed by atoms with van der Waals surface area (Å²) in [6.07, 6.45) is 3.49. The highest BCUT2D eigenvalue weighted by molar-refractivity contribution is 5.45. The van der Waals surface area contributed by atoms with Crippen LogP contribution in [0.1, 0.15) is 28.4 Å². The fourth-order valence-corrected chi connectivity index (χ4v) is 1.74. The minimum Gasteiger partial charge on any atom is -0.383 e.